The molecule has 1 atom stereocenters. The van der Waals surface area contributed by atoms with Crippen LogP contribution < -0.4 is 15.0 Å². The maximum atomic E-state index is 13.3. The van der Waals surface area contributed by atoms with Crippen molar-refractivity contribution >= 4 is 23.1 Å². The third-order valence-electron chi connectivity index (χ3n) is 5.30. The molecule has 0 fully saturated rings. The Morgan fingerprint density at radius 1 is 1.03 bits per heavy atom. The lowest BCUT2D eigenvalue weighted by Crippen LogP contribution is -2.41. The van der Waals surface area contributed by atoms with Crippen LogP contribution in [0.3, 0.4) is 0 Å². The van der Waals surface area contributed by atoms with Crippen molar-refractivity contribution in [1.29, 1.82) is 0 Å². The smallest absolute Gasteiger partial charge is 0.243 e. The van der Waals surface area contributed by atoms with Gasteiger partial charge in [0.05, 0.1) is 7.11 Å². The Hall–Kier alpha value is -3.08. The number of carbonyl (C=O) groups excluding carboxylic acids is 2. The Labute approximate surface area is 186 Å². The number of benzene rings is 2. The molecule has 0 aliphatic carbocycles. The highest BCUT2D eigenvalue weighted by atomic mass is 16.5. The summed E-state index contributed by atoms with van der Waals surface area (Å²) < 4.78 is 5.45. The zero-order valence-electron chi connectivity index (χ0n) is 19.1. The van der Waals surface area contributed by atoms with Crippen LogP contribution in [0.2, 0.25) is 0 Å². The molecule has 0 heterocycles. The summed E-state index contributed by atoms with van der Waals surface area (Å²) >= 11 is 0. The van der Waals surface area contributed by atoms with Crippen LogP contribution in [0, 0.1) is 5.92 Å². The Bertz CT molecular complexity index is 877. The van der Waals surface area contributed by atoms with Crippen molar-refractivity contribution in [3.8, 4) is 5.75 Å². The molecule has 2 aromatic rings. The second-order valence-electron chi connectivity index (χ2n) is 7.61. The van der Waals surface area contributed by atoms with Gasteiger partial charge >= 0.3 is 0 Å². The first-order chi connectivity index (χ1) is 15.0. The highest BCUT2D eigenvalue weighted by molar-refractivity contribution is 6.09. The molecule has 0 aromatic heterocycles. The predicted octanol–water partition coefficient (Wildman–Crippen LogP) is 5.07. The van der Waals surface area contributed by atoms with Crippen LogP contribution >= 0.6 is 0 Å². The highest BCUT2D eigenvalue weighted by Crippen LogP contribution is 2.27. The van der Waals surface area contributed by atoms with Gasteiger partial charge in [0.1, 0.15) is 11.7 Å². The van der Waals surface area contributed by atoms with Gasteiger partial charge in [0.25, 0.3) is 0 Å². The van der Waals surface area contributed by atoms with Crippen molar-refractivity contribution in [2.75, 3.05) is 25.6 Å². The highest BCUT2D eigenvalue weighted by Gasteiger charge is 2.28. The average molecular weight is 423 g/mol. The molecule has 0 radical (unpaired) electrons. The van der Waals surface area contributed by atoms with Gasteiger partial charge in [0.15, 0.2) is 0 Å². The summed E-state index contributed by atoms with van der Waals surface area (Å²) in [6, 6.07) is 17.0. The maximum Gasteiger partial charge on any atom is 0.243 e. The van der Waals surface area contributed by atoms with Crippen molar-refractivity contribution in [3.05, 3.63) is 66.2 Å². The van der Waals surface area contributed by atoms with Crippen LogP contribution in [0.4, 0.5) is 5.69 Å². The van der Waals surface area contributed by atoms with E-state index < -0.39 is 5.92 Å². The van der Waals surface area contributed by atoms with Crippen molar-refractivity contribution < 1.29 is 14.3 Å². The van der Waals surface area contributed by atoms with Gasteiger partial charge in [0.2, 0.25) is 11.8 Å². The number of allylic oxidation sites excluding steroid dienone is 1. The van der Waals surface area contributed by atoms with Gasteiger partial charge < -0.3 is 15.0 Å². The Morgan fingerprint density at radius 3 is 2.39 bits per heavy atom. The van der Waals surface area contributed by atoms with E-state index in [0.29, 0.717) is 12.3 Å². The zero-order valence-corrected chi connectivity index (χ0v) is 19.1. The first kappa shape index (κ1) is 24.2. The summed E-state index contributed by atoms with van der Waals surface area (Å²) in [5.41, 5.74) is 2.43. The Morgan fingerprint density at radius 2 is 1.71 bits per heavy atom. The molecule has 0 aliphatic rings. The van der Waals surface area contributed by atoms with Crippen LogP contribution in [-0.2, 0) is 9.59 Å². The standard InChI is InChI=1S/C26H34N2O3/c1-5-6-7-13-18-27-25(29)23(26(30)28(3)21-14-9-8-10-15-21)19-20(2)22-16-11-12-17-24(22)31-4/h8-12,14-17,19,23H,5-7,13,18H2,1-4H3,(H,27,29)/b20-19+. The second-order valence-corrected chi connectivity index (χ2v) is 7.61. The molecule has 2 rings (SSSR count). The van der Waals surface area contributed by atoms with E-state index in [-0.39, 0.29) is 11.8 Å². The third kappa shape index (κ3) is 6.99. The number of unbranched alkanes of at least 4 members (excludes halogenated alkanes) is 3. The summed E-state index contributed by atoms with van der Waals surface area (Å²) in [6.45, 7) is 4.62. The van der Waals surface area contributed by atoms with E-state index >= 15 is 0 Å². The predicted molar refractivity (Wildman–Crippen MR) is 127 cm³/mol. The molecule has 5 heteroatoms. The number of ether oxygens (including phenoxy) is 1. The van der Waals surface area contributed by atoms with Gasteiger partial charge in [-0.2, -0.15) is 0 Å². The second kappa shape index (κ2) is 12.6. The molecule has 1 N–H and O–H groups in total. The third-order valence-corrected chi connectivity index (χ3v) is 5.30. The molecule has 0 saturated heterocycles. The molecule has 166 valence electrons. The number of methoxy groups -OCH3 is 1. The molecule has 0 aliphatic heterocycles. The number of hydrogen-bond donors (Lipinski definition) is 1. The lowest BCUT2D eigenvalue weighted by atomic mass is 9.98. The first-order valence-corrected chi connectivity index (χ1v) is 10.9. The van der Waals surface area contributed by atoms with E-state index in [0.717, 1.165) is 42.5 Å². The first-order valence-electron chi connectivity index (χ1n) is 10.9. The van der Waals surface area contributed by atoms with Crippen LogP contribution in [0.15, 0.2) is 60.7 Å². The summed E-state index contributed by atoms with van der Waals surface area (Å²) in [4.78, 5) is 27.9. The van der Waals surface area contributed by atoms with Crippen LogP contribution in [0.1, 0.15) is 45.1 Å². The number of carbonyl (C=O) groups is 2. The fourth-order valence-corrected chi connectivity index (χ4v) is 3.43. The summed E-state index contributed by atoms with van der Waals surface area (Å²) in [7, 11) is 3.31. The van der Waals surface area contributed by atoms with Crippen molar-refractivity contribution in [1.82, 2.24) is 5.32 Å². The summed E-state index contributed by atoms with van der Waals surface area (Å²) in [5, 5.41) is 2.95. The molecule has 0 saturated carbocycles. The fraction of sp³-hybridized carbons (Fsp3) is 0.385. The topological polar surface area (TPSA) is 58.6 Å². The van der Waals surface area contributed by atoms with Crippen molar-refractivity contribution in [3.63, 3.8) is 0 Å². The van der Waals surface area contributed by atoms with Crippen LogP contribution in [0.25, 0.3) is 5.57 Å². The fourth-order valence-electron chi connectivity index (χ4n) is 3.43. The number of hydrogen-bond acceptors (Lipinski definition) is 3. The van der Waals surface area contributed by atoms with Crippen molar-refractivity contribution in [2.45, 2.75) is 39.5 Å². The summed E-state index contributed by atoms with van der Waals surface area (Å²) in [6.07, 6.45) is 5.99. The van der Waals surface area contributed by atoms with Gasteiger partial charge in [-0.05, 0) is 37.1 Å². The number of rotatable bonds is 11. The minimum absolute atomic E-state index is 0.272. The molecule has 0 bridgehead atoms. The minimum Gasteiger partial charge on any atom is -0.496 e. The zero-order chi connectivity index (χ0) is 22.6. The summed E-state index contributed by atoms with van der Waals surface area (Å²) in [5.74, 6) is -0.773. The van der Waals surface area contributed by atoms with Crippen LogP contribution in [0.5, 0.6) is 5.75 Å². The number of para-hydroxylation sites is 2. The number of nitrogens with zero attached hydrogens (tertiary/aromatic N) is 1. The molecule has 2 amide bonds. The van der Waals surface area contributed by atoms with E-state index in [9.17, 15) is 9.59 Å². The monoisotopic (exact) mass is 422 g/mol. The minimum atomic E-state index is -0.929. The quantitative estimate of drug-likeness (QED) is 0.406. The molecule has 31 heavy (non-hydrogen) atoms. The lowest BCUT2D eigenvalue weighted by molar-refractivity contribution is -0.131. The molecule has 5 nitrogen and oxygen atoms in total. The Kier molecular flexibility index (Phi) is 9.82. The molecule has 1 unspecified atom stereocenters. The number of anilines is 1. The molecular weight excluding hydrogens is 388 g/mol. The lowest BCUT2D eigenvalue weighted by Gasteiger charge is -2.22. The maximum absolute atomic E-state index is 13.3. The van der Waals surface area contributed by atoms with Gasteiger partial charge in [-0.15, -0.1) is 0 Å². The molecule has 0 spiro atoms. The van der Waals surface area contributed by atoms with E-state index in [1.165, 1.54) is 4.90 Å². The van der Waals surface area contributed by atoms with Gasteiger partial charge in [0, 0.05) is 24.8 Å². The largest absolute Gasteiger partial charge is 0.496 e. The van der Waals surface area contributed by atoms with Crippen molar-refractivity contribution in [2.24, 2.45) is 5.92 Å². The SMILES string of the molecule is CCCCCCNC(=O)C(/C=C(\C)c1ccccc1OC)C(=O)N(C)c1ccccc1. The molecule has 2 aromatic carbocycles. The normalized spacial score (nSPS) is 12.2. The van der Waals surface area contributed by atoms with E-state index in [1.807, 2.05) is 61.5 Å². The van der Waals surface area contributed by atoms with Crippen LogP contribution in [-0.4, -0.2) is 32.5 Å². The van der Waals surface area contributed by atoms with Gasteiger partial charge in [-0.25, -0.2) is 0 Å². The van der Waals surface area contributed by atoms with Gasteiger partial charge in [-0.3, -0.25) is 9.59 Å². The average Bonchev–Trinajstić information content (AvgIpc) is 2.81. The van der Waals surface area contributed by atoms with E-state index in [1.54, 1.807) is 20.2 Å². The van der Waals surface area contributed by atoms with E-state index in [2.05, 4.69) is 12.2 Å². The van der Waals surface area contributed by atoms with E-state index in [4.69, 9.17) is 4.74 Å². The Balaban J connectivity index is 2.28. The number of nitrogens with one attached hydrogen (secondary N) is 1. The molecular formula is C26H34N2O3. The number of amides is 2. The van der Waals surface area contributed by atoms with Gasteiger partial charge in [-0.1, -0.05) is 68.7 Å².